The first-order valence-electron chi connectivity index (χ1n) is 8.23. The second-order valence-corrected chi connectivity index (χ2v) is 6.81. The molecule has 0 bridgehead atoms. The smallest absolute Gasteiger partial charge is 0.319 e. The molecule has 3 rings (SSSR count). The number of amides is 3. The summed E-state index contributed by atoms with van der Waals surface area (Å²) >= 11 is 5.70. The van der Waals surface area contributed by atoms with E-state index >= 15 is 0 Å². The van der Waals surface area contributed by atoms with Gasteiger partial charge in [0.2, 0.25) is 5.91 Å². The molecule has 1 fully saturated rings. The molecule has 1 aliphatic heterocycles. The number of nitrogens with one attached hydrogen (secondary N) is 2. The van der Waals surface area contributed by atoms with Crippen molar-refractivity contribution in [1.29, 1.82) is 0 Å². The van der Waals surface area contributed by atoms with Crippen LogP contribution in [0, 0.1) is 19.7 Å². The fourth-order valence-corrected chi connectivity index (χ4v) is 3.05. The number of rotatable bonds is 3. The topological polar surface area (TPSA) is 61.4 Å². The van der Waals surface area contributed by atoms with Crippen LogP contribution < -0.4 is 15.5 Å². The highest BCUT2D eigenvalue weighted by molar-refractivity contribution is 6.31. The van der Waals surface area contributed by atoms with Crippen LogP contribution in [-0.2, 0) is 4.79 Å². The third-order valence-electron chi connectivity index (χ3n) is 4.44. The van der Waals surface area contributed by atoms with Crippen molar-refractivity contribution in [2.75, 3.05) is 16.8 Å². The van der Waals surface area contributed by atoms with Gasteiger partial charge in [-0.05, 0) is 55.3 Å². The summed E-state index contributed by atoms with van der Waals surface area (Å²) in [6.45, 7) is 4.41. The second kappa shape index (κ2) is 7.33. The van der Waals surface area contributed by atoms with Crippen LogP contribution >= 0.6 is 11.6 Å². The predicted molar refractivity (Wildman–Crippen MR) is 100 cm³/mol. The summed E-state index contributed by atoms with van der Waals surface area (Å²) in [6, 6.07) is 9.01. The number of carbonyl (C=O) groups excluding carboxylic acids is 2. The van der Waals surface area contributed by atoms with Gasteiger partial charge in [-0.15, -0.1) is 0 Å². The molecule has 7 heteroatoms. The molecule has 0 unspecified atom stereocenters. The molecule has 136 valence electrons. The van der Waals surface area contributed by atoms with E-state index in [-0.39, 0.29) is 23.4 Å². The fourth-order valence-electron chi connectivity index (χ4n) is 2.87. The Balaban J connectivity index is 1.62. The average molecular weight is 376 g/mol. The van der Waals surface area contributed by atoms with Gasteiger partial charge >= 0.3 is 6.03 Å². The first kappa shape index (κ1) is 18.2. The molecule has 1 saturated heterocycles. The van der Waals surface area contributed by atoms with Gasteiger partial charge in [-0.1, -0.05) is 17.7 Å². The lowest BCUT2D eigenvalue weighted by Gasteiger charge is -2.18. The van der Waals surface area contributed by atoms with Crippen molar-refractivity contribution in [3.63, 3.8) is 0 Å². The highest BCUT2D eigenvalue weighted by Crippen LogP contribution is 2.24. The maximum atomic E-state index is 13.2. The number of benzene rings is 2. The lowest BCUT2D eigenvalue weighted by Crippen LogP contribution is -2.39. The number of hydrogen-bond acceptors (Lipinski definition) is 2. The quantitative estimate of drug-likeness (QED) is 0.851. The minimum Gasteiger partial charge on any atom is -0.333 e. The van der Waals surface area contributed by atoms with Crippen molar-refractivity contribution in [3.05, 3.63) is 58.4 Å². The molecular formula is C19H19ClFN3O2. The average Bonchev–Trinajstić information content (AvgIpc) is 2.93. The van der Waals surface area contributed by atoms with Crippen LogP contribution in [0.5, 0.6) is 0 Å². The molecule has 0 spiro atoms. The zero-order valence-corrected chi connectivity index (χ0v) is 15.2. The first-order chi connectivity index (χ1) is 12.3. The number of hydrogen-bond donors (Lipinski definition) is 2. The lowest BCUT2D eigenvalue weighted by atomic mass is 10.1. The molecule has 2 aromatic carbocycles. The molecule has 0 aromatic heterocycles. The van der Waals surface area contributed by atoms with E-state index in [1.54, 1.807) is 4.90 Å². The minimum atomic E-state index is -0.553. The van der Waals surface area contributed by atoms with Crippen LogP contribution in [0.25, 0.3) is 0 Å². The molecule has 5 nitrogen and oxygen atoms in total. The Morgan fingerprint density at radius 2 is 1.96 bits per heavy atom. The molecule has 1 heterocycles. The van der Waals surface area contributed by atoms with Gasteiger partial charge in [0, 0.05) is 24.3 Å². The molecule has 0 radical (unpaired) electrons. The van der Waals surface area contributed by atoms with Crippen molar-refractivity contribution in [3.8, 4) is 0 Å². The Morgan fingerprint density at radius 3 is 2.65 bits per heavy atom. The normalized spacial score (nSPS) is 16.7. The molecule has 0 saturated carbocycles. The lowest BCUT2D eigenvalue weighted by molar-refractivity contribution is -0.117. The highest BCUT2D eigenvalue weighted by Gasteiger charge is 2.31. The van der Waals surface area contributed by atoms with Gasteiger partial charge in [-0.3, -0.25) is 4.79 Å². The minimum absolute atomic E-state index is 0.0385. The van der Waals surface area contributed by atoms with Crippen molar-refractivity contribution >= 4 is 34.9 Å². The Kier molecular flexibility index (Phi) is 5.13. The van der Waals surface area contributed by atoms with E-state index in [0.717, 1.165) is 16.8 Å². The van der Waals surface area contributed by atoms with Crippen LogP contribution in [0.2, 0.25) is 5.02 Å². The Morgan fingerprint density at radius 1 is 1.19 bits per heavy atom. The summed E-state index contributed by atoms with van der Waals surface area (Å²) in [4.78, 5) is 26.1. The van der Waals surface area contributed by atoms with Gasteiger partial charge < -0.3 is 15.5 Å². The zero-order chi connectivity index (χ0) is 18.8. The number of aryl methyl sites for hydroxylation is 2. The Bertz CT molecular complexity index is 872. The standard InChI is InChI=1S/C19H19ClFN3O2/c1-11-3-5-15(7-12(11)2)24-10-14(9-18(24)25)23-19(26)22-13-4-6-17(21)16(20)8-13/h3-8,14H,9-10H2,1-2H3,(H2,22,23,26)/t14-/m1/s1. The number of carbonyl (C=O) groups is 2. The molecule has 3 amide bonds. The van der Waals surface area contributed by atoms with Crippen LogP contribution in [-0.4, -0.2) is 24.5 Å². The van der Waals surface area contributed by atoms with Gasteiger partial charge in [0.25, 0.3) is 0 Å². The van der Waals surface area contributed by atoms with E-state index in [4.69, 9.17) is 11.6 Å². The van der Waals surface area contributed by atoms with E-state index < -0.39 is 11.8 Å². The third-order valence-corrected chi connectivity index (χ3v) is 4.73. The van der Waals surface area contributed by atoms with Crippen molar-refractivity contribution in [1.82, 2.24) is 5.32 Å². The number of anilines is 2. The Labute approximate surface area is 156 Å². The molecule has 1 aliphatic rings. The second-order valence-electron chi connectivity index (χ2n) is 6.40. The summed E-state index contributed by atoms with van der Waals surface area (Å²) < 4.78 is 13.2. The number of halogens is 2. The molecule has 0 aliphatic carbocycles. The molecule has 2 aromatic rings. The van der Waals surface area contributed by atoms with Crippen molar-refractivity contribution in [2.24, 2.45) is 0 Å². The van der Waals surface area contributed by atoms with Crippen LogP contribution in [0.15, 0.2) is 36.4 Å². The van der Waals surface area contributed by atoms with Crippen LogP contribution in [0.1, 0.15) is 17.5 Å². The molecule has 1 atom stereocenters. The van der Waals surface area contributed by atoms with Gasteiger partial charge in [0.1, 0.15) is 5.82 Å². The van der Waals surface area contributed by atoms with Crippen LogP contribution in [0.3, 0.4) is 0 Å². The number of nitrogens with zero attached hydrogens (tertiary/aromatic N) is 1. The summed E-state index contributed by atoms with van der Waals surface area (Å²) in [5, 5.41) is 5.29. The summed E-state index contributed by atoms with van der Waals surface area (Å²) in [5.41, 5.74) is 3.47. The van der Waals surface area contributed by atoms with Gasteiger partial charge in [0.05, 0.1) is 11.1 Å². The van der Waals surface area contributed by atoms with E-state index in [1.165, 1.54) is 18.2 Å². The van der Waals surface area contributed by atoms with Crippen LogP contribution in [0.4, 0.5) is 20.6 Å². The van der Waals surface area contributed by atoms with Crippen molar-refractivity contribution < 1.29 is 14.0 Å². The monoisotopic (exact) mass is 375 g/mol. The van der Waals surface area contributed by atoms with E-state index in [0.29, 0.717) is 12.2 Å². The predicted octanol–water partition coefficient (Wildman–Crippen LogP) is 4.02. The molecular weight excluding hydrogens is 357 g/mol. The number of urea groups is 1. The van der Waals surface area contributed by atoms with Gasteiger partial charge in [-0.2, -0.15) is 0 Å². The van der Waals surface area contributed by atoms with E-state index in [1.807, 2.05) is 32.0 Å². The largest absolute Gasteiger partial charge is 0.333 e. The summed E-state index contributed by atoms with van der Waals surface area (Å²) in [5.74, 6) is -0.591. The van der Waals surface area contributed by atoms with Gasteiger partial charge in [0.15, 0.2) is 0 Å². The zero-order valence-electron chi connectivity index (χ0n) is 14.5. The molecule has 2 N–H and O–H groups in total. The van der Waals surface area contributed by atoms with E-state index in [2.05, 4.69) is 10.6 Å². The first-order valence-corrected chi connectivity index (χ1v) is 8.61. The maximum Gasteiger partial charge on any atom is 0.319 e. The Hall–Kier alpha value is -2.60. The van der Waals surface area contributed by atoms with Gasteiger partial charge in [-0.25, -0.2) is 9.18 Å². The SMILES string of the molecule is Cc1ccc(N2C[C@H](NC(=O)Nc3ccc(F)c(Cl)c3)CC2=O)cc1C. The molecule has 26 heavy (non-hydrogen) atoms. The summed E-state index contributed by atoms with van der Waals surface area (Å²) in [7, 11) is 0. The maximum absolute atomic E-state index is 13.2. The third kappa shape index (κ3) is 3.96. The van der Waals surface area contributed by atoms with E-state index in [9.17, 15) is 14.0 Å². The highest BCUT2D eigenvalue weighted by atomic mass is 35.5. The summed E-state index contributed by atoms with van der Waals surface area (Å²) in [6.07, 6.45) is 0.227. The van der Waals surface area contributed by atoms with Crippen molar-refractivity contribution in [2.45, 2.75) is 26.3 Å². The fraction of sp³-hybridized carbons (Fsp3) is 0.263.